The van der Waals surface area contributed by atoms with E-state index in [1.807, 2.05) is 6.92 Å². The van der Waals surface area contributed by atoms with Crippen LogP contribution in [0.5, 0.6) is 11.5 Å². The number of sulfone groups is 1. The van der Waals surface area contributed by atoms with Gasteiger partial charge in [0, 0.05) is 6.26 Å². The number of aromatic nitrogens is 1. The Morgan fingerprint density at radius 2 is 1.92 bits per heavy atom. The van der Waals surface area contributed by atoms with Gasteiger partial charge in [-0.2, -0.15) is 0 Å². The molecule has 0 saturated carbocycles. The molecule has 7 nitrogen and oxygen atoms in total. The van der Waals surface area contributed by atoms with Gasteiger partial charge in [0.25, 0.3) is 0 Å². The molecule has 1 aromatic carbocycles. The predicted octanol–water partition coefficient (Wildman–Crippen LogP) is 2.22. The number of oxime groups is 1. The molecule has 3 rings (SSSR count). The second-order valence-corrected chi connectivity index (χ2v) is 7.70. The molecule has 1 N–H and O–H groups in total. The zero-order valence-corrected chi connectivity index (χ0v) is 13.9. The molecule has 126 valence electrons. The topological polar surface area (TPSA) is 98.1 Å². The molecule has 24 heavy (non-hydrogen) atoms. The minimum atomic E-state index is -3.35. The van der Waals surface area contributed by atoms with Crippen LogP contribution in [-0.4, -0.2) is 30.7 Å². The third-order valence-electron chi connectivity index (χ3n) is 3.64. The average Bonchev–Trinajstić information content (AvgIpc) is 2.90. The van der Waals surface area contributed by atoms with Crippen molar-refractivity contribution in [1.82, 2.24) is 4.98 Å². The Morgan fingerprint density at radius 3 is 2.50 bits per heavy atom. The highest BCUT2D eigenvalue weighted by molar-refractivity contribution is 7.90. The molecule has 0 aliphatic carbocycles. The van der Waals surface area contributed by atoms with Gasteiger partial charge in [-0.3, -0.25) is 0 Å². The van der Waals surface area contributed by atoms with Gasteiger partial charge in [-0.25, -0.2) is 13.4 Å². The van der Waals surface area contributed by atoms with Crippen molar-refractivity contribution in [3.63, 3.8) is 0 Å². The van der Waals surface area contributed by atoms with Crippen molar-refractivity contribution in [2.75, 3.05) is 6.26 Å². The Labute approximate surface area is 139 Å². The molecule has 2 heterocycles. The SMILES string of the molecule is C[C@]1(c2ccc(O)cc2)CC(Oc2ccc(S(C)(=O)=O)nc2)=NO1. The maximum absolute atomic E-state index is 11.4. The van der Waals surface area contributed by atoms with Crippen LogP contribution in [-0.2, 0) is 20.3 Å². The summed E-state index contributed by atoms with van der Waals surface area (Å²) in [5.41, 5.74) is 0.164. The van der Waals surface area contributed by atoms with Crippen molar-refractivity contribution in [2.45, 2.75) is 24.0 Å². The van der Waals surface area contributed by atoms with Gasteiger partial charge in [0.05, 0.1) is 12.6 Å². The Balaban J connectivity index is 1.71. The van der Waals surface area contributed by atoms with Crippen molar-refractivity contribution in [2.24, 2.45) is 5.16 Å². The summed E-state index contributed by atoms with van der Waals surface area (Å²) in [6, 6.07) is 9.57. The number of pyridine rings is 1. The van der Waals surface area contributed by atoms with E-state index in [1.165, 1.54) is 18.3 Å². The molecule has 0 unspecified atom stereocenters. The zero-order valence-electron chi connectivity index (χ0n) is 13.1. The molecule has 2 aromatic rings. The summed E-state index contributed by atoms with van der Waals surface area (Å²) in [5.74, 6) is 0.911. The van der Waals surface area contributed by atoms with Gasteiger partial charge in [-0.1, -0.05) is 17.3 Å². The molecular formula is C16H16N2O5S. The fourth-order valence-electron chi connectivity index (χ4n) is 2.31. The normalized spacial score (nSPS) is 20.3. The van der Waals surface area contributed by atoms with Crippen LogP contribution < -0.4 is 4.74 Å². The van der Waals surface area contributed by atoms with Gasteiger partial charge < -0.3 is 14.7 Å². The fraction of sp³-hybridized carbons (Fsp3) is 0.250. The summed E-state index contributed by atoms with van der Waals surface area (Å²) in [6.45, 7) is 1.87. The molecule has 0 amide bonds. The van der Waals surface area contributed by atoms with Crippen LogP contribution in [0, 0.1) is 0 Å². The first kappa shape index (κ1) is 16.3. The van der Waals surface area contributed by atoms with E-state index in [0.717, 1.165) is 11.8 Å². The van der Waals surface area contributed by atoms with Crippen molar-refractivity contribution < 1.29 is 23.1 Å². The highest BCUT2D eigenvalue weighted by Crippen LogP contribution is 2.35. The molecule has 1 aliphatic heterocycles. The number of rotatable bonds is 3. The maximum atomic E-state index is 11.4. The molecular weight excluding hydrogens is 332 g/mol. The number of benzene rings is 1. The number of hydrogen-bond acceptors (Lipinski definition) is 7. The van der Waals surface area contributed by atoms with Gasteiger partial charge >= 0.3 is 0 Å². The van der Waals surface area contributed by atoms with E-state index in [9.17, 15) is 13.5 Å². The molecule has 8 heteroatoms. The summed E-state index contributed by atoms with van der Waals surface area (Å²) in [4.78, 5) is 9.35. The molecule has 1 aliphatic rings. The first-order valence-electron chi connectivity index (χ1n) is 7.15. The van der Waals surface area contributed by atoms with Crippen molar-refractivity contribution >= 4 is 15.7 Å². The lowest BCUT2D eigenvalue weighted by molar-refractivity contribution is -0.00742. The third-order valence-corrected chi connectivity index (χ3v) is 4.64. The van der Waals surface area contributed by atoms with E-state index in [-0.39, 0.29) is 10.8 Å². The Kier molecular flexibility index (Phi) is 3.92. The summed E-state index contributed by atoms with van der Waals surface area (Å²) < 4.78 is 28.4. The van der Waals surface area contributed by atoms with Crippen LogP contribution in [0.4, 0.5) is 0 Å². The maximum Gasteiger partial charge on any atom is 0.235 e. The van der Waals surface area contributed by atoms with Gasteiger partial charge in [0.15, 0.2) is 20.5 Å². The first-order chi connectivity index (χ1) is 11.3. The minimum Gasteiger partial charge on any atom is -0.508 e. The highest BCUT2D eigenvalue weighted by atomic mass is 32.2. The Hall–Kier alpha value is -2.61. The van der Waals surface area contributed by atoms with Gasteiger partial charge in [0.1, 0.15) is 11.5 Å². The average molecular weight is 348 g/mol. The Bertz CT molecular complexity index is 876. The van der Waals surface area contributed by atoms with E-state index in [4.69, 9.17) is 9.57 Å². The van der Waals surface area contributed by atoms with E-state index < -0.39 is 15.4 Å². The van der Waals surface area contributed by atoms with Gasteiger partial charge in [0.2, 0.25) is 5.90 Å². The Morgan fingerprint density at radius 1 is 1.21 bits per heavy atom. The summed E-state index contributed by atoms with van der Waals surface area (Å²) in [5, 5.41) is 13.3. The highest BCUT2D eigenvalue weighted by Gasteiger charge is 2.37. The number of aromatic hydroxyl groups is 1. The standard InChI is InChI=1S/C16H16N2O5S/c1-16(11-3-5-12(19)6-4-11)9-14(18-23-16)22-13-7-8-15(17-10-13)24(2,20)21/h3-8,10,19H,9H2,1-2H3/t16-/m1/s1. The van der Waals surface area contributed by atoms with Crippen LogP contribution in [0.25, 0.3) is 0 Å². The van der Waals surface area contributed by atoms with Gasteiger partial charge in [-0.15, -0.1) is 0 Å². The second kappa shape index (κ2) is 5.79. The smallest absolute Gasteiger partial charge is 0.235 e. The van der Waals surface area contributed by atoms with Crippen LogP contribution in [0.1, 0.15) is 18.9 Å². The van der Waals surface area contributed by atoms with Crippen molar-refractivity contribution in [3.05, 3.63) is 48.2 Å². The van der Waals surface area contributed by atoms with Gasteiger partial charge in [-0.05, 0) is 36.8 Å². The van der Waals surface area contributed by atoms with Crippen LogP contribution in [0.15, 0.2) is 52.8 Å². The van der Waals surface area contributed by atoms with E-state index in [0.29, 0.717) is 18.1 Å². The number of nitrogens with zero attached hydrogens (tertiary/aromatic N) is 2. The largest absolute Gasteiger partial charge is 0.508 e. The lowest BCUT2D eigenvalue weighted by Gasteiger charge is -2.21. The zero-order chi connectivity index (χ0) is 17.4. The second-order valence-electron chi connectivity index (χ2n) is 5.74. The van der Waals surface area contributed by atoms with Crippen molar-refractivity contribution in [1.29, 1.82) is 0 Å². The number of hydrogen-bond donors (Lipinski definition) is 1. The quantitative estimate of drug-likeness (QED) is 0.913. The number of ether oxygens (including phenoxy) is 1. The van der Waals surface area contributed by atoms with Crippen LogP contribution in [0.2, 0.25) is 0 Å². The molecule has 1 aromatic heterocycles. The first-order valence-corrected chi connectivity index (χ1v) is 9.04. The molecule has 1 atom stereocenters. The predicted molar refractivity (Wildman–Crippen MR) is 86.6 cm³/mol. The molecule has 0 spiro atoms. The lowest BCUT2D eigenvalue weighted by Crippen LogP contribution is -2.23. The fourth-order valence-corrected chi connectivity index (χ4v) is 2.87. The number of phenolic OH excluding ortho intramolecular Hbond substituents is 1. The third kappa shape index (κ3) is 3.33. The lowest BCUT2D eigenvalue weighted by atomic mass is 9.93. The van der Waals surface area contributed by atoms with Crippen molar-refractivity contribution in [3.8, 4) is 11.5 Å². The molecule has 0 fully saturated rings. The molecule has 0 radical (unpaired) electrons. The molecule has 0 bridgehead atoms. The summed E-state index contributed by atoms with van der Waals surface area (Å²) >= 11 is 0. The number of phenols is 1. The van der Waals surface area contributed by atoms with Crippen LogP contribution in [0.3, 0.4) is 0 Å². The summed E-state index contributed by atoms with van der Waals surface area (Å²) in [7, 11) is -3.35. The summed E-state index contributed by atoms with van der Waals surface area (Å²) in [6.07, 6.45) is 2.81. The van der Waals surface area contributed by atoms with E-state index in [1.54, 1.807) is 24.3 Å². The van der Waals surface area contributed by atoms with E-state index >= 15 is 0 Å². The molecule has 0 saturated heterocycles. The van der Waals surface area contributed by atoms with E-state index in [2.05, 4.69) is 10.1 Å². The minimum absolute atomic E-state index is 0.0200. The monoisotopic (exact) mass is 348 g/mol. The van der Waals surface area contributed by atoms with Crippen LogP contribution >= 0.6 is 0 Å².